The van der Waals surface area contributed by atoms with Crippen molar-refractivity contribution in [1.82, 2.24) is 14.6 Å². The molecule has 0 bridgehead atoms. The minimum Gasteiger partial charge on any atom is -0.470 e. The van der Waals surface area contributed by atoms with E-state index in [0.717, 1.165) is 10.6 Å². The van der Waals surface area contributed by atoms with Crippen LogP contribution in [0.25, 0.3) is 5.88 Å². The third-order valence-corrected chi connectivity index (χ3v) is 6.52. The van der Waals surface area contributed by atoms with Crippen molar-refractivity contribution in [3.8, 4) is 5.75 Å². The molecule has 0 radical (unpaired) electrons. The maximum atomic E-state index is 13.6. The smallest absolute Gasteiger partial charge is 0.459 e. The molecule has 12 nitrogen and oxygen atoms in total. The average molecular weight is 509 g/mol. The SMILES string of the molecule is CC1=C(n2ccc(=O)[nH]c2=O)O[C@H](CO[P@@](=O)(N[C@@H](C)C(=O)OC(C)C)Oc2ccccc2)[C@H]1O. The molecule has 1 aliphatic rings. The topological polar surface area (TPSA) is 158 Å². The van der Waals surface area contributed by atoms with E-state index in [9.17, 15) is 24.1 Å². The summed E-state index contributed by atoms with van der Waals surface area (Å²) in [6.07, 6.45) is -1.44. The first-order valence-corrected chi connectivity index (χ1v) is 12.4. The fraction of sp³-hybridized carbons (Fsp3) is 0.409. The molecule has 0 spiro atoms. The first kappa shape index (κ1) is 26.4. The van der Waals surface area contributed by atoms with Gasteiger partial charge in [-0.15, -0.1) is 0 Å². The fourth-order valence-electron chi connectivity index (χ4n) is 3.16. The Morgan fingerprint density at radius 2 is 1.91 bits per heavy atom. The van der Waals surface area contributed by atoms with E-state index < -0.39 is 49.8 Å². The molecular formula is C22H28N3O9P. The van der Waals surface area contributed by atoms with E-state index in [1.165, 1.54) is 13.1 Å². The second-order valence-corrected chi connectivity index (χ2v) is 9.80. The van der Waals surface area contributed by atoms with E-state index in [1.54, 1.807) is 51.1 Å². The Morgan fingerprint density at radius 3 is 2.54 bits per heavy atom. The summed E-state index contributed by atoms with van der Waals surface area (Å²) in [5, 5.41) is 13.2. The van der Waals surface area contributed by atoms with Crippen LogP contribution in [0, 0.1) is 0 Å². The zero-order chi connectivity index (χ0) is 25.8. The molecule has 1 aliphatic heterocycles. The van der Waals surface area contributed by atoms with E-state index in [2.05, 4.69) is 10.1 Å². The Balaban J connectivity index is 1.76. The maximum Gasteiger partial charge on any atom is 0.459 e. The van der Waals surface area contributed by atoms with E-state index in [1.807, 2.05) is 0 Å². The Morgan fingerprint density at radius 1 is 1.23 bits per heavy atom. The fourth-order valence-corrected chi connectivity index (χ4v) is 4.66. The van der Waals surface area contributed by atoms with Crippen molar-refractivity contribution in [3.05, 3.63) is 69.0 Å². The van der Waals surface area contributed by atoms with Crippen LogP contribution in [0.3, 0.4) is 0 Å². The van der Waals surface area contributed by atoms with Gasteiger partial charge in [0.25, 0.3) is 5.56 Å². The summed E-state index contributed by atoms with van der Waals surface area (Å²) in [6, 6.07) is 8.28. The van der Waals surface area contributed by atoms with Gasteiger partial charge in [-0.05, 0) is 39.8 Å². The first-order chi connectivity index (χ1) is 16.5. The molecular weight excluding hydrogens is 481 g/mol. The summed E-state index contributed by atoms with van der Waals surface area (Å²) in [4.78, 5) is 37.8. The van der Waals surface area contributed by atoms with Gasteiger partial charge in [-0.2, -0.15) is 5.09 Å². The number of aromatic amines is 1. The Bertz CT molecular complexity index is 1240. The summed E-state index contributed by atoms with van der Waals surface area (Å²) in [7, 11) is -4.18. The number of aliphatic hydroxyl groups is 1. The highest BCUT2D eigenvalue weighted by molar-refractivity contribution is 7.52. The summed E-state index contributed by atoms with van der Waals surface area (Å²) >= 11 is 0. The van der Waals surface area contributed by atoms with Gasteiger partial charge in [0.2, 0.25) is 5.88 Å². The third kappa shape index (κ3) is 6.70. The van der Waals surface area contributed by atoms with Crippen LogP contribution in [0.2, 0.25) is 0 Å². The maximum absolute atomic E-state index is 13.6. The molecule has 0 aliphatic carbocycles. The van der Waals surface area contributed by atoms with Gasteiger partial charge in [-0.1, -0.05) is 18.2 Å². The van der Waals surface area contributed by atoms with Gasteiger partial charge in [-0.25, -0.2) is 13.9 Å². The van der Waals surface area contributed by atoms with Gasteiger partial charge in [0.05, 0.1) is 12.7 Å². The molecule has 3 N–H and O–H groups in total. The number of ether oxygens (including phenoxy) is 2. The number of para-hydroxylation sites is 1. The molecule has 0 unspecified atom stereocenters. The second kappa shape index (κ2) is 11.0. The number of nitrogens with zero attached hydrogens (tertiary/aromatic N) is 1. The van der Waals surface area contributed by atoms with Crippen LogP contribution < -0.4 is 20.9 Å². The average Bonchev–Trinajstić information content (AvgIpc) is 3.06. The predicted molar refractivity (Wildman–Crippen MR) is 126 cm³/mol. The van der Waals surface area contributed by atoms with Crippen LogP contribution in [0.4, 0.5) is 0 Å². The molecule has 0 fully saturated rings. The van der Waals surface area contributed by atoms with Gasteiger partial charge in [0.15, 0.2) is 6.10 Å². The van der Waals surface area contributed by atoms with Gasteiger partial charge < -0.3 is 19.1 Å². The number of aromatic nitrogens is 2. The summed E-state index contributed by atoms with van der Waals surface area (Å²) < 4.78 is 36.5. The van der Waals surface area contributed by atoms with Crippen LogP contribution in [0.1, 0.15) is 27.7 Å². The molecule has 2 heterocycles. The Kier molecular flexibility index (Phi) is 8.34. The molecule has 0 amide bonds. The van der Waals surface area contributed by atoms with Crippen molar-refractivity contribution in [2.75, 3.05) is 6.61 Å². The number of H-pyrrole nitrogens is 1. The molecule has 2 aromatic rings. The monoisotopic (exact) mass is 509 g/mol. The minimum absolute atomic E-state index is 0.00741. The Labute approximate surface area is 201 Å². The zero-order valence-corrected chi connectivity index (χ0v) is 20.6. The predicted octanol–water partition coefficient (Wildman–Crippen LogP) is 1.62. The van der Waals surface area contributed by atoms with E-state index in [-0.39, 0.29) is 17.7 Å². The molecule has 4 atom stereocenters. The molecule has 35 heavy (non-hydrogen) atoms. The molecule has 1 aromatic carbocycles. The van der Waals surface area contributed by atoms with Crippen molar-refractivity contribution in [2.45, 2.75) is 52.0 Å². The first-order valence-electron chi connectivity index (χ1n) is 10.8. The molecule has 190 valence electrons. The van der Waals surface area contributed by atoms with Gasteiger partial charge in [0, 0.05) is 17.8 Å². The summed E-state index contributed by atoms with van der Waals surface area (Å²) in [5.41, 5.74) is -1.04. The van der Waals surface area contributed by atoms with Crippen molar-refractivity contribution in [1.29, 1.82) is 0 Å². The van der Waals surface area contributed by atoms with E-state index in [4.69, 9.17) is 18.5 Å². The normalized spacial score (nSPS) is 20.3. The second-order valence-electron chi connectivity index (χ2n) is 8.10. The van der Waals surface area contributed by atoms with Crippen LogP contribution in [0.15, 0.2) is 57.8 Å². The number of esters is 1. The number of hydrogen-bond donors (Lipinski definition) is 3. The number of carbonyl (C=O) groups is 1. The number of carbonyl (C=O) groups excluding carboxylic acids is 1. The zero-order valence-electron chi connectivity index (χ0n) is 19.7. The molecule has 0 saturated heterocycles. The quantitative estimate of drug-likeness (QED) is 0.317. The molecule has 1 aromatic heterocycles. The van der Waals surface area contributed by atoms with Crippen molar-refractivity contribution in [3.63, 3.8) is 0 Å². The van der Waals surface area contributed by atoms with E-state index >= 15 is 0 Å². The lowest BCUT2D eigenvalue weighted by Crippen LogP contribution is -2.37. The number of hydrogen-bond acceptors (Lipinski definition) is 9. The molecule has 3 rings (SSSR count). The van der Waals surface area contributed by atoms with Crippen LogP contribution >= 0.6 is 7.75 Å². The lowest BCUT2D eigenvalue weighted by atomic mass is 10.1. The summed E-state index contributed by atoms with van der Waals surface area (Å²) in [5.74, 6) is -0.432. The van der Waals surface area contributed by atoms with Crippen LogP contribution in [-0.2, 0) is 23.4 Å². The minimum atomic E-state index is -4.18. The highest BCUT2D eigenvalue weighted by Crippen LogP contribution is 2.45. The molecule has 13 heteroatoms. The summed E-state index contributed by atoms with van der Waals surface area (Å²) in [6.45, 7) is 5.92. The van der Waals surface area contributed by atoms with E-state index in [0.29, 0.717) is 5.57 Å². The highest BCUT2D eigenvalue weighted by Gasteiger charge is 2.39. The number of aliphatic hydroxyl groups excluding tert-OH is 1. The lowest BCUT2D eigenvalue weighted by molar-refractivity contribution is -0.149. The molecule has 0 saturated carbocycles. The van der Waals surface area contributed by atoms with Crippen LogP contribution in [-0.4, -0.2) is 51.6 Å². The van der Waals surface area contributed by atoms with Crippen molar-refractivity contribution in [2.24, 2.45) is 0 Å². The Hall–Kier alpha value is -3.18. The largest absolute Gasteiger partial charge is 0.470 e. The third-order valence-electron chi connectivity index (χ3n) is 4.87. The standard InChI is InChI=1S/C22H28N3O9P/c1-13(2)32-21(28)15(4)24-35(30,34-16-8-6-5-7-9-16)31-12-17-19(27)14(3)20(33-17)25-11-10-18(26)23-22(25)29/h5-11,13,15,17,19,27H,12H2,1-4H3,(H,24,30)(H,23,26,29)/t15-,17+,19-,35-/m0/s1. The highest BCUT2D eigenvalue weighted by atomic mass is 31.2. The number of rotatable bonds is 10. The van der Waals surface area contributed by atoms with Crippen LogP contribution in [0.5, 0.6) is 5.75 Å². The van der Waals surface area contributed by atoms with Gasteiger partial charge in [-0.3, -0.25) is 19.1 Å². The van der Waals surface area contributed by atoms with Crippen molar-refractivity contribution < 1.29 is 33.0 Å². The van der Waals surface area contributed by atoms with Gasteiger partial charge >= 0.3 is 19.4 Å². The number of nitrogens with one attached hydrogen (secondary N) is 2. The lowest BCUT2D eigenvalue weighted by Gasteiger charge is -2.25. The van der Waals surface area contributed by atoms with Gasteiger partial charge in [0.1, 0.15) is 17.9 Å². The number of benzene rings is 1. The van der Waals surface area contributed by atoms with Crippen molar-refractivity contribution >= 4 is 19.6 Å².